The highest BCUT2D eigenvalue weighted by atomic mass is 35.5. The Kier molecular flexibility index (Phi) is 15.6. The molecule has 3 aliphatic rings. The fourth-order valence-electron chi connectivity index (χ4n) is 9.47. The number of hydrogen-bond acceptors (Lipinski definition) is 10. The number of carbonyl (C=O) groups is 2. The van der Waals surface area contributed by atoms with Gasteiger partial charge in [0, 0.05) is 55.8 Å². The molecule has 1 amide bonds. The van der Waals surface area contributed by atoms with Crippen LogP contribution in [0, 0.1) is 30.6 Å². The molecule has 13 heteroatoms. The first-order valence-corrected chi connectivity index (χ1v) is 23.5. The summed E-state index contributed by atoms with van der Waals surface area (Å²) in [6.45, 7) is 16.8. The van der Waals surface area contributed by atoms with Crippen molar-refractivity contribution in [1.29, 1.82) is 5.26 Å². The van der Waals surface area contributed by atoms with Gasteiger partial charge in [0.25, 0.3) is 0 Å². The molecular weight excluding hydrogens is 842 g/mol. The third-order valence-corrected chi connectivity index (χ3v) is 13.7. The Morgan fingerprint density at radius 1 is 0.846 bits per heavy atom. The second-order valence-corrected chi connectivity index (χ2v) is 19.4. The number of carboxylic acids is 1. The van der Waals surface area contributed by atoms with E-state index in [0.29, 0.717) is 53.6 Å². The Labute approximate surface area is 389 Å². The van der Waals surface area contributed by atoms with E-state index >= 15 is 0 Å². The minimum atomic E-state index is -0.834. The molecule has 0 saturated carbocycles. The Balaban J connectivity index is 0.956. The molecule has 4 heterocycles. The molecule has 4 aromatic rings. The highest BCUT2D eigenvalue weighted by Crippen LogP contribution is 2.42. The maximum atomic E-state index is 12.6. The summed E-state index contributed by atoms with van der Waals surface area (Å²) >= 11 is 6.91. The molecule has 3 saturated heterocycles. The maximum Gasteiger partial charge on any atom is 0.410 e. The number of benzene rings is 3. The van der Waals surface area contributed by atoms with Crippen molar-refractivity contribution in [3.8, 4) is 34.4 Å². The first-order chi connectivity index (χ1) is 31.2. The normalized spacial score (nSPS) is 17.9. The van der Waals surface area contributed by atoms with E-state index in [4.69, 9.17) is 30.5 Å². The Morgan fingerprint density at radius 2 is 1.55 bits per heavy atom. The number of carbonyl (C=O) groups excluding carboxylic acids is 1. The number of piperidine rings is 3. The van der Waals surface area contributed by atoms with Crippen LogP contribution in [-0.4, -0.2) is 94.4 Å². The van der Waals surface area contributed by atoms with Crippen LogP contribution in [0.25, 0.3) is 11.1 Å². The largest absolute Gasteiger partial charge is 0.493 e. The summed E-state index contributed by atoms with van der Waals surface area (Å²) in [5.74, 6) is 1.02. The predicted octanol–water partition coefficient (Wildman–Crippen LogP) is 10.4. The van der Waals surface area contributed by atoms with E-state index in [-0.39, 0.29) is 19.3 Å². The van der Waals surface area contributed by atoms with Crippen molar-refractivity contribution in [2.75, 3.05) is 45.9 Å². The molecule has 12 nitrogen and oxygen atoms in total. The first-order valence-electron chi connectivity index (χ1n) is 23.1. The van der Waals surface area contributed by atoms with Gasteiger partial charge in [-0.1, -0.05) is 48.4 Å². The topological polar surface area (TPSA) is 138 Å². The summed E-state index contributed by atoms with van der Waals surface area (Å²) in [5, 5.41) is 19.8. The van der Waals surface area contributed by atoms with Gasteiger partial charge in [0.15, 0.2) is 0 Å². The zero-order chi connectivity index (χ0) is 46.1. The third-order valence-electron chi connectivity index (χ3n) is 13.4. The highest BCUT2D eigenvalue weighted by molar-refractivity contribution is 6.32. The van der Waals surface area contributed by atoms with Crippen LogP contribution >= 0.6 is 11.6 Å². The van der Waals surface area contributed by atoms with Crippen LogP contribution < -0.4 is 14.2 Å². The van der Waals surface area contributed by atoms with Gasteiger partial charge in [-0.05, 0) is 151 Å². The van der Waals surface area contributed by atoms with Crippen LogP contribution in [0.3, 0.4) is 0 Å². The third kappa shape index (κ3) is 12.3. The van der Waals surface area contributed by atoms with Gasteiger partial charge >= 0.3 is 12.1 Å². The molecule has 0 radical (unpaired) electrons. The lowest BCUT2D eigenvalue weighted by molar-refractivity contribution is -0.144. The number of nitrogens with zero attached hydrogens (tertiary/aromatic N) is 5. The lowest BCUT2D eigenvalue weighted by atomic mass is 9.71. The minimum absolute atomic E-state index is 0.154. The Hall–Kier alpha value is -5.35. The zero-order valence-electron chi connectivity index (χ0n) is 38.7. The number of amides is 1. The van der Waals surface area contributed by atoms with Gasteiger partial charge in [0.05, 0.1) is 17.2 Å². The number of ether oxygens (including phenoxy) is 4. The summed E-state index contributed by atoms with van der Waals surface area (Å²) in [7, 11) is 0. The van der Waals surface area contributed by atoms with Crippen LogP contribution in [0.5, 0.6) is 17.2 Å². The molecule has 0 unspecified atom stereocenters. The molecule has 7 rings (SSSR count). The summed E-state index contributed by atoms with van der Waals surface area (Å²) < 4.78 is 24.8. The Bertz CT molecular complexity index is 2340. The second-order valence-electron chi connectivity index (χ2n) is 19.0. The fourth-order valence-corrected chi connectivity index (χ4v) is 9.71. The van der Waals surface area contributed by atoms with Crippen LogP contribution in [0.1, 0.15) is 106 Å². The number of likely N-dealkylation sites (tertiary alicyclic amines) is 3. The molecule has 65 heavy (non-hydrogen) atoms. The van der Waals surface area contributed by atoms with E-state index in [9.17, 15) is 20.0 Å². The zero-order valence-corrected chi connectivity index (χ0v) is 39.4. The number of hydrogen-bond donors (Lipinski definition) is 1. The van der Waals surface area contributed by atoms with E-state index in [0.717, 1.165) is 110 Å². The van der Waals surface area contributed by atoms with Gasteiger partial charge in [-0.15, -0.1) is 0 Å². The van der Waals surface area contributed by atoms with Crippen molar-refractivity contribution < 1.29 is 33.6 Å². The van der Waals surface area contributed by atoms with E-state index in [2.05, 4.69) is 54.1 Å². The molecule has 1 aromatic heterocycles. The lowest BCUT2D eigenvalue weighted by Gasteiger charge is -2.46. The molecular formula is C52H64ClN5O7. The summed E-state index contributed by atoms with van der Waals surface area (Å²) in [6, 6.07) is 19.3. The average molecular weight is 907 g/mol. The van der Waals surface area contributed by atoms with E-state index in [1.807, 2.05) is 48.8 Å². The quantitative estimate of drug-likeness (QED) is 0.114. The lowest BCUT2D eigenvalue weighted by Crippen LogP contribution is -2.49. The monoisotopic (exact) mass is 905 g/mol. The average Bonchev–Trinajstić information content (AvgIpc) is 3.28. The predicted molar refractivity (Wildman–Crippen MR) is 251 cm³/mol. The van der Waals surface area contributed by atoms with Gasteiger partial charge in [-0.25, -0.2) is 4.79 Å². The molecule has 1 spiro atoms. The summed E-state index contributed by atoms with van der Waals surface area (Å²) in [5.41, 5.74) is 7.16. The molecule has 1 N–H and O–H groups in total. The number of nitriles is 1. The molecule has 3 aromatic carbocycles. The fraction of sp³-hybridized carbons (Fsp3) is 0.500. The second kappa shape index (κ2) is 21.3. The number of aromatic nitrogens is 1. The van der Waals surface area contributed by atoms with E-state index in [1.165, 1.54) is 19.0 Å². The highest BCUT2D eigenvalue weighted by Gasteiger charge is 2.39. The molecule has 3 aliphatic heterocycles. The van der Waals surface area contributed by atoms with Crippen molar-refractivity contribution >= 4 is 23.7 Å². The standard InChI is InChI=1S/C52H64ClN5O7/c1-36-40(35-64-48-29-47(63-34-39-27-38(30-54)31-55-32-39)41(28-44(48)53)33-58-21-7-6-14-45(58)49(59)60)11-8-12-42(36)43-13-9-15-46(37(43)2)62-26-10-20-56-22-16-52(17-23-56)18-24-57(25-19-52)50(61)65-51(3,4)5/h8-9,11-13,15,27-29,31-32,45H,6-7,10,14,16-26,33-35H2,1-5H3,(H,59,60)/t45-/m0/s1. The molecule has 346 valence electrons. The summed E-state index contributed by atoms with van der Waals surface area (Å²) in [4.78, 5) is 35.3. The van der Waals surface area contributed by atoms with Crippen LogP contribution in [0.15, 0.2) is 67.0 Å². The first kappa shape index (κ1) is 47.6. The number of pyridine rings is 1. The smallest absolute Gasteiger partial charge is 0.410 e. The molecule has 1 atom stereocenters. The van der Waals surface area contributed by atoms with E-state index < -0.39 is 17.6 Å². The number of halogens is 1. The number of rotatable bonds is 15. The van der Waals surface area contributed by atoms with E-state index in [1.54, 1.807) is 18.3 Å². The molecule has 3 fully saturated rings. The number of aliphatic carboxylic acids is 1. The molecule has 0 bridgehead atoms. The minimum Gasteiger partial charge on any atom is -0.493 e. The summed E-state index contributed by atoms with van der Waals surface area (Å²) in [6.07, 6.45) is 10.7. The van der Waals surface area contributed by atoms with Crippen molar-refractivity contribution in [2.24, 2.45) is 5.41 Å². The van der Waals surface area contributed by atoms with Gasteiger partial charge in [0.1, 0.15) is 48.2 Å². The van der Waals surface area contributed by atoms with Gasteiger partial charge in [-0.2, -0.15) is 5.26 Å². The molecule has 0 aliphatic carbocycles. The van der Waals surface area contributed by atoms with Crippen molar-refractivity contribution in [3.05, 3.63) is 105 Å². The maximum absolute atomic E-state index is 12.6. The number of carboxylic acid groups (broad SMARTS) is 1. The van der Waals surface area contributed by atoms with Crippen molar-refractivity contribution in [1.82, 2.24) is 19.7 Å². The van der Waals surface area contributed by atoms with Gasteiger partial charge < -0.3 is 33.9 Å². The Morgan fingerprint density at radius 3 is 2.28 bits per heavy atom. The van der Waals surface area contributed by atoms with Crippen LogP contribution in [-0.2, 0) is 29.3 Å². The SMILES string of the molecule is Cc1c(COc2cc(OCc3cncc(C#N)c3)c(CN3CCCC[C@H]3C(=O)O)cc2Cl)cccc1-c1cccc(OCCCN2CCC3(CC2)CCN(C(=O)OC(C)(C)C)CC3)c1C. The van der Waals surface area contributed by atoms with Crippen LogP contribution in [0.4, 0.5) is 4.79 Å². The van der Waals surface area contributed by atoms with Gasteiger partial charge in [0.2, 0.25) is 0 Å². The van der Waals surface area contributed by atoms with Crippen molar-refractivity contribution in [2.45, 2.75) is 117 Å². The van der Waals surface area contributed by atoms with Gasteiger partial charge in [-0.3, -0.25) is 14.7 Å². The van der Waals surface area contributed by atoms with Crippen molar-refractivity contribution in [3.63, 3.8) is 0 Å². The van der Waals surface area contributed by atoms with Crippen LogP contribution in [0.2, 0.25) is 5.02 Å².